The Morgan fingerprint density at radius 1 is 1.19 bits per heavy atom. The van der Waals surface area contributed by atoms with Crippen molar-refractivity contribution < 1.29 is 23.8 Å². The number of nitrogens with zero attached hydrogens (tertiary/aromatic N) is 4. The van der Waals surface area contributed by atoms with Crippen LogP contribution in [0.5, 0.6) is 0 Å². The van der Waals surface area contributed by atoms with Crippen molar-refractivity contribution >= 4 is 22.8 Å². The number of benzene rings is 1. The summed E-state index contributed by atoms with van der Waals surface area (Å²) in [6.45, 7) is 1.38. The van der Waals surface area contributed by atoms with Gasteiger partial charge in [-0.25, -0.2) is 23.7 Å². The molecule has 3 N–H and O–H groups in total. The van der Waals surface area contributed by atoms with E-state index in [1.54, 1.807) is 11.6 Å². The van der Waals surface area contributed by atoms with Crippen molar-refractivity contribution in [1.82, 2.24) is 19.5 Å². The summed E-state index contributed by atoms with van der Waals surface area (Å²) in [6.07, 6.45) is -0.650. The Balaban J connectivity index is 1.76. The number of carbonyl (C=O) groups excluding carboxylic acids is 1. The number of aliphatic hydroxyl groups is 2. The summed E-state index contributed by atoms with van der Waals surface area (Å²) >= 11 is 0. The van der Waals surface area contributed by atoms with E-state index in [-0.39, 0.29) is 23.6 Å². The average Bonchev–Trinajstić information content (AvgIpc) is 3.29. The van der Waals surface area contributed by atoms with Gasteiger partial charge >= 0.3 is 0 Å². The molecule has 3 aromatic rings. The van der Waals surface area contributed by atoms with Crippen LogP contribution in [-0.4, -0.2) is 54.8 Å². The Morgan fingerprint density at radius 3 is 2.61 bits per heavy atom. The molecule has 2 aromatic heterocycles. The molecule has 0 spiro atoms. The summed E-state index contributed by atoms with van der Waals surface area (Å²) in [7, 11) is 1.65. The minimum absolute atomic E-state index is 0.0967. The Hall–Kier alpha value is -3.42. The normalized spacial score (nSPS) is 22.9. The van der Waals surface area contributed by atoms with Gasteiger partial charge in [0, 0.05) is 18.5 Å². The zero-order valence-electron chi connectivity index (χ0n) is 16.7. The number of aromatic nitrogens is 4. The molecule has 0 amide bonds. The highest BCUT2D eigenvalue weighted by molar-refractivity contribution is 5.84. The minimum Gasteiger partial charge on any atom is -0.390 e. The molecule has 31 heavy (non-hydrogen) atoms. The summed E-state index contributed by atoms with van der Waals surface area (Å²) in [5.74, 6) is 3.03. The van der Waals surface area contributed by atoms with Crippen LogP contribution < -0.4 is 5.32 Å². The van der Waals surface area contributed by atoms with Gasteiger partial charge in [-0.2, -0.15) is 0 Å². The van der Waals surface area contributed by atoms with Crippen LogP contribution in [0.25, 0.3) is 11.2 Å². The van der Waals surface area contributed by atoms with Crippen LogP contribution >= 0.6 is 0 Å². The molecule has 1 unspecified atom stereocenters. The van der Waals surface area contributed by atoms with Crippen molar-refractivity contribution in [3.05, 3.63) is 47.5 Å². The van der Waals surface area contributed by atoms with Crippen LogP contribution in [0.1, 0.15) is 30.8 Å². The van der Waals surface area contributed by atoms with E-state index in [2.05, 4.69) is 32.1 Å². The summed E-state index contributed by atoms with van der Waals surface area (Å²) in [4.78, 5) is 24.8. The smallest absolute Gasteiger partial charge is 0.209 e. The first-order valence-electron chi connectivity index (χ1n) is 9.56. The number of aliphatic hydroxyl groups excluding tert-OH is 2. The molecule has 160 valence electrons. The topological polar surface area (TPSA) is 113 Å². The van der Waals surface area contributed by atoms with Crippen molar-refractivity contribution in [2.24, 2.45) is 5.92 Å². The van der Waals surface area contributed by atoms with E-state index in [4.69, 9.17) is 0 Å². The van der Waals surface area contributed by atoms with Gasteiger partial charge in [0.25, 0.3) is 0 Å². The van der Waals surface area contributed by atoms with E-state index >= 15 is 0 Å². The summed E-state index contributed by atoms with van der Waals surface area (Å²) in [5.41, 5.74) is 1.03. The highest BCUT2D eigenvalue weighted by Gasteiger charge is 2.45. The number of carbonyl (C=O) groups is 1. The van der Waals surface area contributed by atoms with Gasteiger partial charge in [-0.15, -0.1) is 0 Å². The lowest BCUT2D eigenvalue weighted by Gasteiger charge is -2.18. The predicted octanol–water partition coefficient (Wildman–Crippen LogP) is 1.42. The maximum absolute atomic E-state index is 13.4. The van der Waals surface area contributed by atoms with Crippen LogP contribution in [0.3, 0.4) is 0 Å². The fraction of sp³-hybridized carbons (Fsp3) is 0.333. The molecule has 0 aliphatic heterocycles. The second-order valence-corrected chi connectivity index (χ2v) is 7.35. The number of nitrogens with one attached hydrogen (secondary N) is 1. The standard InChI is InChI=1S/C21H19F2N5O3/c1-10(29)12-8-15(19(31)18(12)30)28-9-25-17-20(24-2)26-16(27-21(17)28)6-4-11-3-5-13(22)14(23)7-11/h3,5,7,9,12,15,18-19,30-31H,8H2,1-2H3,(H,24,26,27)/t12-,15-,18?,19+/m1/s1. The fourth-order valence-electron chi connectivity index (χ4n) is 3.78. The highest BCUT2D eigenvalue weighted by Crippen LogP contribution is 2.37. The number of hydrogen-bond acceptors (Lipinski definition) is 7. The lowest BCUT2D eigenvalue weighted by atomic mass is 10.0. The number of rotatable bonds is 3. The van der Waals surface area contributed by atoms with Crippen LogP contribution in [0.15, 0.2) is 24.5 Å². The molecular weight excluding hydrogens is 408 g/mol. The molecule has 0 radical (unpaired) electrons. The van der Waals surface area contributed by atoms with Crippen LogP contribution in [0.4, 0.5) is 14.6 Å². The maximum atomic E-state index is 13.4. The maximum Gasteiger partial charge on any atom is 0.209 e. The third-order valence-corrected chi connectivity index (χ3v) is 5.43. The Bertz CT molecular complexity index is 1230. The summed E-state index contributed by atoms with van der Waals surface area (Å²) in [6, 6.07) is 2.68. The minimum atomic E-state index is -1.18. The first-order chi connectivity index (χ1) is 14.8. The van der Waals surface area contributed by atoms with E-state index in [9.17, 15) is 23.8 Å². The van der Waals surface area contributed by atoms with Gasteiger partial charge in [-0.05, 0) is 37.5 Å². The number of anilines is 1. The van der Waals surface area contributed by atoms with Gasteiger partial charge in [0.15, 0.2) is 28.6 Å². The van der Waals surface area contributed by atoms with E-state index in [0.717, 1.165) is 12.1 Å². The third-order valence-electron chi connectivity index (χ3n) is 5.43. The van der Waals surface area contributed by atoms with Crippen LogP contribution in [-0.2, 0) is 4.79 Å². The highest BCUT2D eigenvalue weighted by atomic mass is 19.2. The Morgan fingerprint density at radius 2 is 1.97 bits per heavy atom. The molecule has 1 aliphatic rings. The molecule has 0 bridgehead atoms. The van der Waals surface area contributed by atoms with Crippen LogP contribution in [0, 0.1) is 29.4 Å². The number of imidazole rings is 1. The SMILES string of the molecule is CNc1nc(C#Cc2ccc(F)c(F)c2)nc2c1ncn2[C@@H]1C[C@H](C(C)=O)C(O)[C@H]1O. The number of hydrogen-bond donors (Lipinski definition) is 3. The lowest BCUT2D eigenvalue weighted by Crippen LogP contribution is -2.31. The molecule has 2 heterocycles. The molecule has 1 aliphatic carbocycles. The zero-order chi connectivity index (χ0) is 22.3. The van der Waals surface area contributed by atoms with Crippen molar-refractivity contribution in [2.45, 2.75) is 31.6 Å². The number of fused-ring (bicyclic) bond motifs is 1. The predicted molar refractivity (Wildman–Crippen MR) is 107 cm³/mol. The van der Waals surface area contributed by atoms with Gasteiger partial charge < -0.3 is 20.1 Å². The molecule has 4 rings (SSSR count). The fourth-order valence-corrected chi connectivity index (χ4v) is 3.78. The third kappa shape index (κ3) is 3.73. The summed E-state index contributed by atoms with van der Waals surface area (Å²) in [5, 5.41) is 23.7. The van der Waals surface area contributed by atoms with Gasteiger partial charge in [-0.3, -0.25) is 4.79 Å². The van der Waals surface area contributed by atoms with Gasteiger partial charge in [0.2, 0.25) is 5.82 Å². The van der Waals surface area contributed by atoms with E-state index in [1.165, 1.54) is 19.3 Å². The van der Waals surface area contributed by atoms with Gasteiger partial charge in [0.05, 0.1) is 18.5 Å². The Labute approximate surface area is 176 Å². The van der Waals surface area contributed by atoms with Crippen molar-refractivity contribution in [3.63, 3.8) is 0 Å². The first kappa shape index (κ1) is 20.8. The van der Waals surface area contributed by atoms with Gasteiger partial charge in [-0.1, -0.05) is 5.92 Å². The average molecular weight is 427 g/mol. The number of Topliss-reactive ketones (excluding diaryl/α,β-unsaturated/α-hetero) is 1. The molecule has 0 saturated heterocycles. The molecule has 8 nitrogen and oxygen atoms in total. The van der Waals surface area contributed by atoms with Crippen molar-refractivity contribution in [2.75, 3.05) is 12.4 Å². The van der Waals surface area contributed by atoms with E-state index in [1.807, 2.05) is 0 Å². The van der Waals surface area contributed by atoms with Crippen molar-refractivity contribution in [3.8, 4) is 11.8 Å². The lowest BCUT2D eigenvalue weighted by molar-refractivity contribution is -0.124. The second kappa shape index (κ2) is 8.02. The van der Waals surface area contributed by atoms with Gasteiger partial charge in [0.1, 0.15) is 11.9 Å². The molecule has 10 heteroatoms. The van der Waals surface area contributed by atoms with E-state index in [0.29, 0.717) is 17.0 Å². The Kier molecular flexibility index (Phi) is 5.39. The molecule has 1 fully saturated rings. The quantitative estimate of drug-likeness (QED) is 0.542. The second-order valence-electron chi connectivity index (χ2n) is 7.35. The van der Waals surface area contributed by atoms with Crippen molar-refractivity contribution in [1.29, 1.82) is 0 Å². The largest absolute Gasteiger partial charge is 0.390 e. The summed E-state index contributed by atoms with van der Waals surface area (Å²) < 4.78 is 28.1. The molecule has 4 atom stereocenters. The first-order valence-corrected chi connectivity index (χ1v) is 9.56. The molecule has 1 saturated carbocycles. The number of ketones is 1. The molecule has 1 aromatic carbocycles. The monoisotopic (exact) mass is 427 g/mol. The van der Waals surface area contributed by atoms with Crippen LogP contribution in [0.2, 0.25) is 0 Å². The number of halogens is 2. The zero-order valence-corrected chi connectivity index (χ0v) is 16.7. The molecular formula is C21H19F2N5O3. The van der Waals surface area contributed by atoms with E-state index < -0.39 is 35.8 Å².